The van der Waals surface area contributed by atoms with Crippen molar-refractivity contribution in [1.82, 2.24) is 14.5 Å². The summed E-state index contributed by atoms with van der Waals surface area (Å²) in [4.78, 5) is 9.97. The van der Waals surface area contributed by atoms with Crippen LogP contribution in [0.15, 0.2) is 24.4 Å². The highest BCUT2D eigenvalue weighted by Crippen LogP contribution is 2.28. The highest BCUT2D eigenvalue weighted by molar-refractivity contribution is 7.15. The van der Waals surface area contributed by atoms with E-state index in [4.69, 9.17) is 5.73 Å². The monoisotopic (exact) mass is 258 g/mol. The van der Waals surface area contributed by atoms with E-state index in [0.717, 1.165) is 32.3 Å². The largest absolute Gasteiger partial charge is 0.331 e. The Balaban J connectivity index is 2.13. The molecule has 0 saturated heterocycles. The van der Waals surface area contributed by atoms with Gasteiger partial charge in [0.1, 0.15) is 10.8 Å². The number of aromatic nitrogens is 3. The van der Waals surface area contributed by atoms with Gasteiger partial charge in [0, 0.05) is 19.8 Å². The Labute approximate surface area is 109 Å². The number of rotatable bonds is 2. The van der Waals surface area contributed by atoms with Crippen molar-refractivity contribution in [2.45, 2.75) is 13.5 Å². The predicted octanol–water partition coefficient (Wildman–Crippen LogP) is 2.46. The van der Waals surface area contributed by atoms with Gasteiger partial charge >= 0.3 is 0 Å². The minimum absolute atomic E-state index is 0.496. The zero-order chi connectivity index (χ0) is 12.7. The topological polar surface area (TPSA) is 56.7 Å². The summed E-state index contributed by atoms with van der Waals surface area (Å²) in [5.41, 5.74) is 8.91. The van der Waals surface area contributed by atoms with E-state index in [1.54, 1.807) is 11.3 Å². The number of thiazole rings is 1. The lowest BCUT2D eigenvalue weighted by Gasteiger charge is -1.98. The molecule has 3 aromatic rings. The average Bonchev–Trinajstić information content (AvgIpc) is 2.95. The first-order valence-corrected chi connectivity index (χ1v) is 6.59. The maximum Gasteiger partial charge on any atom is 0.107 e. The van der Waals surface area contributed by atoms with Gasteiger partial charge in [-0.15, -0.1) is 11.3 Å². The first kappa shape index (κ1) is 11.4. The Morgan fingerprint density at radius 3 is 2.94 bits per heavy atom. The van der Waals surface area contributed by atoms with E-state index in [1.807, 2.05) is 20.2 Å². The van der Waals surface area contributed by atoms with Crippen LogP contribution in [0.4, 0.5) is 0 Å². The molecule has 2 N–H and O–H groups in total. The fourth-order valence-corrected chi connectivity index (χ4v) is 2.80. The predicted molar refractivity (Wildman–Crippen MR) is 74.5 cm³/mol. The summed E-state index contributed by atoms with van der Waals surface area (Å²) < 4.78 is 2.09. The lowest BCUT2D eigenvalue weighted by atomic mass is 10.2. The van der Waals surface area contributed by atoms with Crippen LogP contribution in [-0.2, 0) is 13.6 Å². The normalized spacial score (nSPS) is 11.3. The Bertz CT molecular complexity index is 711. The standard InChI is InChI=1S/C13H14N4S/c1-8-16-10-5-9(3-4-11(10)17(8)2)12-7-15-13(6-14)18-12/h3-5,7H,6,14H2,1-2H3. The first-order valence-electron chi connectivity index (χ1n) is 5.77. The maximum absolute atomic E-state index is 5.59. The summed E-state index contributed by atoms with van der Waals surface area (Å²) in [6.07, 6.45) is 1.88. The number of hydrogen-bond donors (Lipinski definition) is 1. The molecule has 0 bridgehead atoms. The van der Waals surface area contributed by atoms with Crippen molar-refractivity contribution in [3.05, 3.63) is 35.2 Å². The van der Waals surface area contributed by atoms with Crippen molar-refractivity contribution in [1.29, 1.82) is 0 Å². The third-order valence-electron chi connectivity index (χ3n) is 3.12. The Morgan fingerprint density at radius 2 is 2.22 bits per heavy atom. The van der Waals surface area contributed by atoms with Crippen LogP contribution in [0.3, 0.4) is 0 Å². The van der Waals surface area contributed by atoms with E-state index in [0.29, 0.717) is 6.54 Å². The van der Waals surface area contributed by atoms with Crippen LogP contribution >= 0.6 is 11.3 Å². The summed E-state index contributed by atoms with van der Waals surface area (Å²) in [6, 6.07) is 6.32. The lowest BCUT2D eigenvalue weighted by molar-refractivity contribution is 0.886. The number of hydrogen-bond acceptors (Lipinski definition) is 4. The van der Waals surface area contributed by atoms with E-state index in [1.165, 1.54) is 0 Å². The fraction of sp³-hybridized carbons (Fsp3) is 0.231. The van der Waals surface area contributed by atoms with Crippen LogP contribution in [-0.4, -0.2) is 14.5 Å². The molecule has 4 nitrogen and oxygen atoms in total. The molecule has 5 heteroatoms. The molecular formula is C13H14N4S. The van der Waals surface area contributed by atoms with Crippen molar-refractivity contribution in [3.8, 4) is 10.4 Å². The van der Waals surface area contributed by atoms with Crippen LogP contribution < -0.4 is 5.73 Å². The zero-order valence-corrected chi connectivity index (χ0v) is 11.2. The highest BCUT2D eigenvalue weighted by Gasteiger charge is 2.08. The van der Waals surface area contributed by atoms with Gasteiger partial charge in [-0.25, -0.2) is 9.97 Å². The Kier molecular flexibility index (Phi) is 2.65. The molecule has 92 valence electrons. The van der Waals surface area contributed by atoms with Crippen LogP contribution in [0.2, 0.25) is 0 Å². The van der Waals surface area contributed by atoms with Gasteiger partial charge in [0.15, 0.2) is 0 Å². The van der Waals surface area contributed by atoms with Crippen molar-refractivity contribution in [3.63, 3.8) is 0 Å². The van der Waals surface area contributed by atoms with Crippen molar-refractivity contribution in [2.75, 3.05) is 0 Å². The smallest absolute Gasteiger partial charge is 0.107 e. The summed E-state index contributed by atoms with van der Waals surface area (Å²) in [6.45, 7) is 2.51. The molecule has 0 saturated carbocycles. The molecule has 0 spiro atoms. The number of benzene rings is 1. The molecule has 0 radical (unpaired) electrons. The van der Waals surface area contributed by atoms with Crippen LogP contribution in [0.25, 0.3) is 21.5 Å². The summed E-state index contributed by atoms with van der Waals surface area (Å²) in [7, 11) is 2.03. The van der Waals surface area contributed by atoms with Gasteiger partial charge in [-0.1, -0.05) is 6.07 Å². The molecule has 0 aliphatic rings. The molecule has 0 aliphatic heterocycles. The average molecular weight is 258 g/mol. The van der Waals surface area contributed by atoms with Gasteiger partial charge in [-0.3, -0.25) is 0 Å². The second-order valence-electron chi connectivity index (χ2n) is 4.24. The molecule has 2 heterocycles. The van der Waals surface area contributed by atoms with Gasteiger partial charge in [-0.05, 0) is 24.6 Å². The van der Waals surface area contributed by atoms with E-state index in [-0.39, 0.29) is 0 Å². The van der Waals surface area contributed by atoms with Crippen LogP contribution in [0.1, 0.15) is 10.8 Å². The SMILES string of the molecule is Cc1nc2cc(-c3cnc(CN)s3)ccc2n1C. The molecule has 2 aromatic heterocycles. The summed E-state index contributed by atoms with van der Waals surface area (Å²) in [5, 5.41) is 0.960. The second-order valence-corrected chi connectivity index (χ2v) is 5.36. The molecule has 3 rings (SSSR count). The molecule has 18 heavy (non-hydrogen) atoms. The molecule has 0 fully saturated rings. The van der Waals surface area contributed by atoms with E-state index < -0.39 is 0 Å². The molecular weight excluding hydrogens is 244 g/mol. The maximum atomic E-state index is 5.59. The first-order chi connectivity index (χ1) is 8.69. The number of nitrogens with two attached hydrogens (primary N) is 1. The molecule has 0 amide bonds. The highest BCUT2D eigenvalue weighted by atomic mass is 32.1. The van der Waals surface area contributed by atoms with Gasteiger partial charge in [0.05, 0.1) is 15.9 Å². The third-order valence-corrected chi connectivity index (χ3v) is 4.19. The molecule has 0 atom stereocenters. The van der Waals surface area contributed by atoms with Crippen molar-refractivity contribution < 1.29 is 0 Å². The summed E-state index contributed by atoms with van der Waals surface area (Å²) >= 11 is 1.63. The fourth-order valence-electron chi connectivity index (χ4n) is 2.01. The van der Waals surface area contributed by atoms with Gasteiger partial charge < -0.3 is 10.3 Å². The molecule has 1 aromatic carbocycles. The van der Waals surface area contributed by atoms with Crippen molar-refractivity contribution >= 4 is 22.4 Å². The number of imidazole rings is 1. The van der Waals surface area contributed by atoms with E-state index >= 15 is 0 Å². The molecule has 0 unspecified atom stereocenters. The molecule has 0 aliphatic carbocycles. The zero-order valence-electron chi connectivity index (χ0n) is 10.3. The quantitative estimate of drug-likeness (QED) is 0.768. The van der Waals surface area contributed by atoms with E-state index in [9.17, 15) is 0 Å². The Morgan fingerprint density at radius 1 is 1.39 bits per heavy atom. The van der Waals surface area contributed by atoms with Crippen molar-refractivity contribution in [2.24, 2.45) is 12.8 Å². The minimum Gasteiger partial charge on any atom is -0.331 e. The lowest BCUT2D eigenvalue weighted by Crippen LogP contribution is -1.93. The van der Waals surface area contributed by atoms with Crippen LogP contribution in [0.5, 0.6) is 0 Å². The Hall–Kier alpha value is -1.72. The van der Waals surface area contributed by atoms with Gasteiger partial charge in [0.25, 0.3) is 0 Å². The van der Waals surface area contributed by atoms with E-state index in [2.05, 4.69) is 32.7 Å². The van der Waals surface area contributed by atoms with Gasteiger partial charge in [0.2, 0.25) is 0 Å². The minimum atomic E-state index is 0.496. The second kappa shape index (κ2) is 4.19. The third kappa shape index (κ3) is 1.72. The number of aryl methyl sites for hydroxylation is 2. The summed E-state index contributed by atoms with van der Waals surface area (Å²) in [5.74, 6) is 1.02. The number of nitrogens with zero attached hydrogens (tertiary/aromatic N) is 3. The van der Waals surface area contributed by atoms with Crippen LogP contribution in [0, 0.1) is 6.92 Å². The number of fused-ring (bicyclic) bond motifs is 1. The van der Waals surface area contributed by atoms with Gasteiger partial charge in [-0.2, -0.15) is 0 Å².